The van der Waals surface area contributed by atoms with E-state index in [1.807, 2.05) is 42.2 Å². The van der Waals surface area contributed by atoms with Crippen LogP contribution in [0.25, 0.3) is 0 Å². The minimum atomic E-state index is -0.641. The number of halogens is 3. The van der Waals surface area contributed by atoms with Gasteiger partial charge in [-0.3, -0.25) is 9.69 Å². The first-order valence-electron chi connectivity index (χ1n) is 11.1. The van der Waals surface area contributed by atoms with Gasteiger partial charge in [0.2, 0.25) is 5.89 Å². The van der Waals surface area contributed by atoms with Crippen LogP contribution in [0.4, 0.5) is 13.2 Å². The van der Waals surface area contributed by atoms with Gasteiger partial charge in [-0.25, -0.2) is 18.2 Å². The predicted molar refractivity (Wildman–Crippen MR) is 125 cm³/mol. The van der Waals surface area contributed by atoms with E-state index >= 15 is 0 Å². The van der Waals surface area contributed by atoms with Crippen molar-refractivity contribution >= 4 is 5.91 Å². The summed E-state index contributed by atoms with van der Waals surface area (Å²) < 4.78 is 46.4. The molecule has 0 saturated carbocycles. The summed E-state index contributed by atoms with van der Waals surface area (Å²) in [4.78, 5) is 18.7. The maximum absolute atomic E-state index is 14.4. The third-order valence-electron chi connectivity index (χ3n) is 5.71. The molecule has 0 aliphatic carbocycles. The van der Waals surface area contributed by atoms with Crippen molar-refractivity contribution in [1.82, 2.24) is 15.2 Å². The van der Waals surface area contributed by atoms with Crippen molar-refractivity contribution in [3.05, 3.63) is 125 Å². The first kappa shape index (κ1) is 24.2. The lowest BCUT2D eigenvalue weighted by atomic mass is 10.1. The molecule has 3 aromatic carbocycles. The van der Waals surface area contributed by atoms with Crippen molar-refractivity contribution in [3.63, 3.8) is 0 Å². The number of carbonyl (C=O) groups excluding carboxylic acids is 1. The summed E-state index contributed by atoms with van der Waals surface area (Å²) in [5.74, 6) is -1.78. The van der Waals surface area contributed by atoms with Gasteiger partial charge in [0.1, 0.15) is 23.7 Å². The summed E-state index contributed by atoms with van der Waals surface area (Å²) in [6.45, 7) is 2.55. The average Bonchev–Trinajstić information content (AvgIpc) is 3.33. The van der Waals surface area contributed by atoms with E-state index < -0.39 is 17.5 Å². The molecule has 180 valence electrons. The molecule has 8 heteroatoms. The minimum absolute atomic E-state index is 0.0994. The van der Waals surface area contributed by atoms with Crippen LogP contribution in [0.2, 0.25) is 0 Å². The summed E-state index contributed by atoms with van der Waals surface area (Å²) in [7, 11) is 0. The Bertz CT molecular complexity index is 1280. The Morgan fingerprint density at radius 3 is 2.40 bits per heavy atom. The summed E-state index contributed by atoms with van der Waals surface area (Å²) in [6.07, 6.45) is 1.26. The Kier molecular flexibility index (Phi) is 7.62. The van der Waals surface area contributed by atoms with Gasteiger partial charge >= 0.3 is 0 Å². The lowest BCUT2D eigenvalue weighted by Crippen LogP contribution is -2.27. The molecule has 0 fully saturated rings. The van der Waals surface area contributed by atoms with Crippen LogP contribution in [0.5, 0.6) is 0 Å². The van der Waals surface area contributed by atoms with Crippen molar-refractivity contribution in [2.24, 2.45) is 0 Å². The van der Waals surface area contributed by atoms with Gasteiger partial charge in [0.15, 0.2) is 5.69 Å². The Labute approximate surface area is 201 Å². The van der Waals surface area contributed by atoms with E-state index in [1.54, 1.807) is 12.1 Å². The molecule has 0 bridgehead atoms. The number of oxazole rings is 1. The highest BCUT2D eigenvalue weighted by atomic mass is 19.1. The van der Waals surface area contributed by atoms with Crippen LogP contribution in [0.3, 0.4) is 0 Å². The Balaban J connectivity index is 1.48. The molecule has 1 amide bonds. The molecule has 1 heterocycles. The van der Waals surface area contributed by atoms with E-state index in [-0.39, 0.29) is 43.1 Å². The van der Waals surface area contributed by atoms with Gasteiger partial charge in [-0.15, -0.1) is 0 Å². The second kappa shape index (κ2) is 11.0. The van der Waals surface area contributed by atoms with Crippen LogP contribution in [-0.4, -0.2) is 15.8 Å². The Morgan fingerprint density at radius 2 is 1.69 bits per heavy atom. The lowest BCUT2D eigenvalue weighted by molar-refractivity contribution is 0.0945. The first-order chi connectivity index (χ1) is 16.9. The number of hydrogen-bond acceptors (Lipinski definition) is 4. The maximum atomic E-state index is 14.4. The number of carbonyl (C=O) groups is 1. The van der Waals surface area contributed by atoms with E-state index in [0.717, 1.165) is 17.2 Å². The number of nitrogens with zero attached hydrogens (tertiary/aromatic N) is 2. The molecule has 5 nitrogen and oxygen atoms in total. The number of benzene rings is 3. The number of hydrogen-bond donors (Lipinski definition) is 1. The maximum Gasteiger partial charge on any atom is 0.273 e. The topological polar surface area (TPSA) is 58.4 Å². The molecule has 1 N–H and O–H groups in total. The van der Waals surface area contributed by atoms with Crippen LogP contribution in [0, 0.1) is 17.5 Å². The van der Waals surface area contributed by atoms with Crippen molar-refractivity contribution in [1.29, 1.82) is 0 Å². The normalized spacial score (nSPS) is 12.0. The number of aromatic nitrogens is 1. The van der Waals surface area contributed by atoms with Gasteiger partial charge in [-0.05, 0) is 36.2 Å². The van der Waals surface area contributed by atoms with E-state index in [0.29, 0.717) is 5.56 Å². The Morgan fingerprint density at radius 1 is 0.971 bits per heavy atom. The van der Waals surface area contributed by atoms with Gasteiger partial charge in [-0.2, -0.15) is 0 Å². The van der Waals surface area contributed by atoms with E-state index in [4.69, 9.17) is 4.42 Å². The molecule has 0 aliphatic heterocycles. The fourth-order valence-corrected chi connectivity index (χ4v) is 3.68. The molecule has 0 aliphatic rings. The van der Waals surface area contributed by atoms with Crippen LogP contribution in [0.15, 0.2) is 83.5 Å². The fourth-order valence-electron chi connectivity index (χ4n) is 3.68. The molecule has 4 rings (SSSR count). The quantitative estimate of drug-likeness (QED) is 0.330. The zero-order valence-corrected chi connectivity index (χ0v) is 19.0. The van der Waals surface area contributed by atoms with E-state index in [1.165, 1.54) is 30.5 Å². The van der Waals surface area contributed by atoms with Gasteiger partial charge in [0.05, 0.1) is 6.54 Å². The highest BCUT2D eigenvalue weighted by Crippen LogP contribution is 2.25. The van der Waals surface area contributed by atoms with E-state index in [2.05, 4.69) is 10.3 Å². The smallest absolute Gasteiger partial charge is 0.273 e. The van der Waals surface area contributed by atoms with Gasteiger partial charge in [-0.1, -0.05) is 48.5 Å². The van der Waals surface area contributed by atoms with Crippen LogP contribution in [0.1, 0.15) is 46.0 Å². The van der Waals surface area contributed by atoms with E-state index in [9.17, 15) is 18.0 Å². The molecular weight excluding hydrogens is 455 g/mol. The van der Waals surface area contributed by atoms with Gasteiger partial charge in [0, 0.05) is 30.8 Å². The second-order valence-electron chi connectivity index (χ2n) is 8.16. The number of amides is 1. The fraction of sp³-hybridized carbons (Fsp3) is 0.185. The summed E-state index contributed by atoms with van der Waals surface area (Å²) in [5.41, 5.74) is 2.17. The van der Waals surface area contributed by atoms with Crippen LogP contribution in [-0.2, 0) is 19.6 Å². The van der Waals surface area contributed by atoms with Crippen molar-refractivity contribution < 1.29 is 22.4 Å². The lowest BCUT2D eigenvalue weighted by Gasteiger charge is -2.28. The molecule has 0 spiro atoms. The highest BCUT2D eigenvalue weighted by molar-refractivity contribution is 5.91. The third-order valence-corrected chi connectivity index (χ3v) is 5.71. The Hall–Kier alpha value is -3.91. The summed E-state index contributed by atoms with van der Waals surface area (Å²) in [5, 5.41) is 2.72. The predicted octanol–water partition coefficient (Wildman–Crippen LogP) is 5.79. The molecule has 1 unspecified atom stereocenters. The van der Waals surface area contributed by atoms with Crippen LogP contribution >= 0.6 is 0 Å². The first-order valence-corrected chi connectivity index (χ1v) is 11.1. The van der Waals surface area contributed by atoms with Crippen molar-refractivity contribution in [3.8, 4) is 0 Å². The molecule has 35 heavy (non-hydrogen) atoms. The zero-order chi connectivity index (χ0) is 24.8. The van der Waals surface area contributed by atoms with Crippen molar-refractivity contribution in [2.75, 3.05) is 0 Å². The zero-order valence-electron chi connectivity index (χ0n) is 19.0. The van der Waals surface area contributed by atoms with Gasteiger partial charge in [0.25, 0.3) is 5.91 Å². The SMILES string of the molecule is CC(c1ccccc1)N(Cc1nc(C(=O)NCc2ccc(F)cc2)co1)Cc1ccc(F)cc1F. The molecule has 1 atom stereocenters. The third kappa shape index (κ3) is 6.36. The molecular formula is C27H24F3N3O2. The van der Waals surface area contributed by atoms with Crippen LogP contribution < -0.4 is 5.32 Å². The molecule has 1 aromatic heterocycles. The molecule has 4 aromatic rings. The average molecular weight is 480 g/mol. The standard InChI is InChI=1S/C27H24F3N3O2/c1-18(20-5-3-2-4-6-20)33(15-21-9-12-23(29)13-24(21)30)16-26-32-25(17-35-26)27(34)31-14-19-7-10-22(28)11-8-19/h2-13,17-18H,14-16H2,1H3,(H,31,34). The molecule has 0 radical (unpaired) electrons. The second-order valence-corrected chi connectivity index (χ2v) is 8.16. The van der Waals surface area contributed by atoms with Gasteiger partial charge < -0.3 is 9.73 Å². The monoisotopic (exact) mass is 479 g/mol. The number of nitrogens with one attached hydrogen (secondary N) is 1. The van der Waals surface area contributed by atoms with Crippen molar-refractivity contribution in [2.45, 2.75) is 32.6 Å². The molecule has 0 saturated heterocycles. The highest BCUT2D eigenvalue weighted by Gasteiger charge is 2.21. The minimum Gasteiger partial charge on any atom is -0.447 e. The summed E-state index contributed by atoms with van der Waals surface area (Å²) >= 11 is 0. The largest absolute Gasteiger partial charge is 0.447 e. The summed E-state index contributed by atoms with van der Waals surface area (Å²) in [6, 6.07) is 18.8. The number of rotatable bonds is 9.